The van der Waals surface area contributed by atoms with Gasteiger partial charge >= 0.3 is 6.61 Å². The highest BCUT2D eigenvalue weighted by Crippen LogP contribution is 2.47. The van der Waals surface area contributed by atoms with Crippen molar-refractivity contribution in [3.63, 3.8) is 0 Å². The van der Waals surface area contributed by atoms with Crippen molar-refractivity contribution >= 4 is 38.6 Å². The standard InChI is InChI=1S/C37H33F2N5O7S/c1-37(48)29-10-6-5-9-27(29)28-16-22(11-12-30(28)37)34(46)42-20-33(45)43-21-25(51-36(38)39)17-32(43)35(47)41-19-24-15-23-18-40-14-13-31(23)44(24)52(49,50)26-7-3-2-4-8-26/h2-16,18,25,32,36,48H,17,19-21H2,1H3,(H,41,47)(H,42,46)/t25-,32+,37?/m1/s1. The fraction of sp³-hybridized carbons (Fsp3) is 0.243. The Hall–Kier alpha value is -5.51. The number of aromatic nitrogens is 2. The van der Waals surface area contributed by atoms with Crippen LogP contribution in [-0.2, 0) is 36.5 Å². The van der Waals surface area contributed by atoms with E-state index in [1.807, 2.05) is 24.3 Å². The van der Waals surface area contributed by atoms with Crippen molar-refractivity contribution in [3.05, 3.63) is 120 Å². The first-order chi connectivity index (χ1) is 24.9. The molecular weight excluding hydrogens is 696 g/mol. The highest BCUT2D eigenvalue weighted by atomic mass is 32.2. The number of nitrogens with one attached hydrogen (secondary N) is 2. The molecule has 0 spiro atoms. The van der Waals surface area contributed by atoms with Crippen LogP contribution in [0.15, 0.2) is 102 Å². The van der Waals surface area contributed by atoms with Gasteiger partial charge in [0, 0.05) is 36.3 Å². The van der Waals surface area contributed by atoms with Crippen LogP contribution in [0.3, 0.4) is 0 Å². The van der Waals surface area contributed by atoms with Crippen molar-refractivity contribution < 1.29 is 41.4 Å². The van der Waals surface area contributed by atoms with E-state index in [2.05, 4.69) is 20.4 Å². The molecule has 1 fully saturated rings. The van der Waals surface area contributed by atoms with E-state index in [1.165, 1.54) is 36.7 Å². The van der Waals surface area contributed by atoms with Gasteiger partial charge in [0.15, 0.2) is 0 Å². The molecule has 0 saturated carbocycles. The second-order valence-electron chi connectivity index (χ2n) is 12.7. The molecule has 0 radical (unpaired) electrons. The van der Waals surface area contributed by atoms with Crippen LogP contribution >= 0.6 is 0 Å². The second-order valence-corrected chi connectivity index (χ2v) is 14.5. The molecule has 3 heterocycles. The first kappa shape index (κ1) is 34.9. The van der Waals surface area contributed by atoms with Gasteiger partial charge in [0.2, 0.25) is 11.8 Å². The van der Waals surface area contributed by atoms with E-state index < -0.39 is 58.6 Å². The van der Waals surface area contributed by atoms with Gasteiger partial charge in [-0.15, -0.1) is 0 Å². The summed E-state index contributed by atoms with van der Waals surface area (Å²) in [5, 5.41) is 16.9. The minimum absolute atomic E-state index is 0.0232. The number of alkyl halides is 2. The van der Waals surface area contributed by atoms with Gasteiger partial charge in [-0.05, 0) is 65.6 Å². The molecule has 1 aliphatic heterocycles. The van der Waals surface area contributed by atoms with E-state index in [1.54, 1.807) is 43.3 Å². The van der Waals surface area contributed by atoms with Crippen LogP contribution in [0.4, 0.5) is 8.78 Å². The minimum Gasteiger partial charge on any atom is -0.381 e. The molecule has 268 valence electrons. The molecule has 52 heavy (non-hydrogen) atoms. The number of amides is 3. The number of pyridine rings is 1. The van der Waals surface area contributed by atoms with Crippen LogP contribution in [0.25, 0.3) is 22.0 Å². The maximum Gasteiger partial charge on any atom is 0.345 e. The third kappa shape index (κ3) is 6.31. The predicted molar refractivity (Wildman–Crippen MR) is 184 cm³/mol. The molecule has 1 saturated heterocycles. The summed E-state index contributed by atoms with van der Waals surface area (Å²) < 4.78 is 59.7. The monoisotopic (exact) mass is 729 g/mol. The summed E-state index contributed by atoms with van der Waals surface area (Å²) in [5.74, 6) is -2.03. The van der Waals surface area contributed by atoms with Gasteiger partial charge in [-0.3, -0.25) is 19.4 Å². The van der Waals surface area contributed by atoms with Crippen molar-refractivity contribution in [3.8, 4) is 11.1 Å². The Morgan fingerprint density at radius 1 is 0.981 bits per heavy atom. The number of fused-ring (bicyclic) bond motifs is 4. The molecule has 2 aliphatic rings. The summed E-state index contributed by atoms with van der Waals surface area (Å²) in [7, 11) is -4.11. The van der Waals surface area contributed by atoms with Gasteiger partial charge in [0.1, 0.15) is 11.6 Å². The molecule has 3 amide bonds. The number of ether oxygens (including phenoxy) is 1. The number of benzene rings is 3. The average Bonchev–Trinajstić information content (AvgIpc) is 3.80. The number of nitrogens with zero attached hydrogens (tertiary/aromatic N) is 3. The normalized spacial score (nSPS) is 19.4. The van der Waals surface area contributed by atoms with Crippen molar-refractivity contribution in [1.29, 1.82) is 0 Å². The van der Waals surface area contributed by atoms with E-state index >= 15 is 0 Å². The van der Waals surface area contributed by atoms with Crippen LogP contribution in [0, 0.1) is 0 Å². The summed E-state index contributed by atoms with van der Waals surface area (Å²) in [6.45, 7) is -2.65. The fourth-order valence-electron chi connectivity index (χ4n) is 7.03. The van der Waals surface area contributed by atoms with Crippen molar-refractivity contribution in [2.24, 2.45) is 0 Å². The number of hydrogen-bond donors (Lipinski definition) is 3. The number of hydrogen-bond acceptors (Lipinski definition) is 8. The zero-order valence-corrected chi connectivity index (χ0v) is 28.5. The van der Waals surface area contributed by atoms with Crippen molar-refractivity contribution in [1.82, 2.24) is 24.5 Å². The van der Waals surface area contributed by atoms with Gasteiger partial charge < -0.3 is 25.4 Å². The lowest BCUT2D eigenvalue weighted by Crippen LogP contribution is -2.49. The van der Waals surface area contributed by atoms with Gasteiger partial charge in [-0.1, -0.05) is 48.5 Å². The van der Waals surface area contributed by atoms with Crippen molar-refractivity contribution in [2.75, 3.05) is 13.1 Å². The topological polar surface area (TPSA) is 160 Å². The molecule has 1 unspecified atom stereocenters. The third-order valence-corrected chi connectivity index (χ3v) is 11.3. The molecule has 12 nitrogen and oxygen atoms in total. The zero-order valence-electron chi connectivity index (χ0n) is 27.7. The molecule has 3 atom stereocenters. The van der Waals surface area contributed by atoms with Gasteiger partial charge in [-0.25, -0.2) is 12.4 Å². The Morgan fingerprint density at radius 3 is 2.48 bits per heavy atom. The van der Waals surface area contributed by atoms with Crippen LogP contribution in [0.5, 0.6) is 0 Å². The van der Waals surface area contributed by atoms with E-state index in [4.69, 9.17) is 0 Å². The van der Waals surface area contributed by atoms with Crippen LogP contribution in [-0.4, -0.2) is 76.9 Å². The van der Waals surface area contributed by atoms with Crippen LogP contribution in [0.1, 0.15) is 40.5 Å². The number of aliphatic hydroxyl groups is 1. The van der Waals surface area contributed by atoms with Crippen LogP contribution in [0.2, 0.25) is 0 Å². The molecule has 2 aromatic heterocycles. The van der Waals surface area contributed by atoms with E-state index in [0.717, 1.165) is 14.4 Å². The Morgan fingerprint density at radius 2 is 1.71 bits per heavy atom. The second kappa shape index (κ2) is 13.6. The maximum atomic E-state index is 13.7. The smallest absolute Gasteiger partial charge is 0.345 e. The number of halogens is 2. The predicted octanol–water partition coefficient (Wildman–Crippen LogP) is 3.76. The Bertz CT molecular complexity index is 2310. The summed E-state index contributed by atoms with van der Waals surface area (Å²) in [5.41, 5.74) is 2.30. The summed E-state index contributed by atoms with van der Waals surface area (Å²) in [4.78, 5) is 45.4. The first-order valence-electron chi connectivity index (χ1n) is 16.4. The molecule has 3 aromatic carbocycles. The third-order valence-electron chi connectivity index (χ3n) is 9.48. The fourth-order valence-corrected chi connectivity index (χ4v) is 8.60. The number of rotatable bonds is 10. The number of carbonyl (C=O) groups is 3. The summed E-state index contributed by atoms with van der Waals surface area (Å²) in [6, 6.07) is 21.7. The Balaban J connectivity index is 1.07. The SMILES string of the molecule is CC1(O)c2ccccc2-c2cc(C(=O)NCC(=O)N3C[C@H](OC(F)F)C[C@H]3C(=O)NCc3cc4cnccc4n3S(=O)(=O)c3ccccc3)ccc21. The lowest BCUT2D eigenvalue weighted by molar-refractivity contribution is -0.160. The number of carbonyl (C=O) groups excluding carboxylic acids is 3. The highest BCUT2D eigenvalue weighted by molar-refractivity contribution is 7.90. The maximum absolute atomic E-state index is 13.7. The number of likely N-dealkylation sites (tertiary alicyclic amines) is 1. The lowest BCUT2D eigenvalue weighted by Gasteiger charge is -2.24. The van der Waals surface area contributed by atoms with Gasteiger partial charge in [-0.2, -0.15) is 8.78 Å². The first-order valence-corrected chi connectivity index (χ1v) is 17.8. The quantitative estimate of drug-likeness (QED) is 0.196. The largest absolute Gasteiger partial charge is 0.381 e. The molecule has 3 N–H and O–H groups in total. The van der Waals surface area contributed by atoms with E-state index in [-0.39, 0.29) is 35.7 Å². The minimum atomic E-state index is -4.11. The summed E-state index contributed by atoms with van der Waals surface area (Å²) >= 11 is 0. The molecule has 1 aliphatic carbocycles. The van der Waals surface area contributed by atoms with E-state index in [9.17, 15) is 36.7 Å². The van der Waals surface area contributed by atoms with Gasteiger partial charge in [0.25, 0.3) is 15.9 Å². The summed E-state index contributed by atoms with van der Waals surface area (Å²) in [6.07, 6.45) is 1.51. The Kier molecular flexibility index (Phi) is 9.10. The molecule has 5 aromatic rings. The van der Waals surface area contributed by atoms with Crippen LogP contribution < -0.4 is 10.6 Å². The molecular formula is C37H33F2N5O7S. The average molecular weight is 730 g/mol. The Labute approximate surface area is 297 Å². The highest BCUT2D eigenvalue weighted by Gasteiger charge is 2.42. The van der Waals surface area contributed by atoms with E-state index in [0.29, 0.717) is 27.6 Å². The van der Waals surface area contributed by atoms with Crippen molar-refractivity contribution in [2.45, 2.75) is 49.1 Å². The molecule has 15 heteroatoms. The van der Waals surface area contributed by atoms with Gasteiger partial charge in [0.05, 0.1) is 35.3 Å². The molecule has 0 bridgehead atoms. The molecule has 7 rings (SSSR count). The zero-order chi connectivity index (χ0) is 36.8. The lowest BCUT2D eigenvalue weighted by atomic mass is 9.93.